The fourth-order valence-electron chi connectivity index (χ4n) is 10.0. The summed E-state index contributed by atoms with van der Waals surface area (Å²) in [6.45, 7) is 6.82. The van der Waals surface area contributed by atoms with Gasteiger partial charge in [-0.15, -0.1) is 0 Å². The van der Waals surface area contributed by atoms with Gasteiger partial charge in [0.05, 0.1) is 11.8 Å². The van der Waals surface area contributed by atoms with Crippen molar-refractivity contribution in [2.24, 2.45) is 45.6 Å². The molecule has 0 aromatic heterocycles. The molecule has 0 radical (unpaired) electrons. The summed E-state index contributed by atoms with van der Waals surface area (Å²) in [5.74, 6) is 1.01. The molecule has 4 aliphatic carbocycles. The second-order valence-electron chi connectivity index (χ2n) is 14.0. The fraction of sp³-hybridized carbons (Fsp3) is 0.900. The minimum absolute atomic E-state index is 0.0295. The average molecular weight is 570 g/mol. The number of carbonyl (C=O) groups excluding carboxylic acids is 2. The van der Waals surface area contributed by atoms with Crippen LogP contribution in [-0.4, -0.2) is 71.1 Å². The lowest BCUT2D eigenvalue weighted by atomic mass is 9.44. The molecule has 5 rings (SSSR count). The van der Waals surface area contributed by atoms with Gasteiger partial charge >= 0.3 is 18.2 Å². The van der Waals surface area contributed by atoms with E-state index in [1.54, 1.807) is 0 Å². The Balaban J connectivity index is 1.20. The van der Waals surface area contributed by atoms with Crippen molar-refractivity contribution in [3.63, 3.8) is 0 Å². The Hall–Kier alpha value is -1.84. The Morgan fingerprint density at radius 3 is 2.45 bits per heavy atom. The van der Waals surface area contributed by atoms with Gasteiger partial charge in [-0.25, -0.2) is 4.79 Å². The number of amides is 2. The third-order valence-corrected chi connectivity index (χ3v) is 12.1. The van der Waals surface area contributed by atoms with Crippen LogP contribution in [0.1, 0.15) is 91.4 Å². The number of fused-ring (bicyclic) bond motifs is 5. The summed E-state index contributed by atoms with van der Waals surface area (Å²) < 4.78 is 38.9. The van der Waals surface area contributed by atoms with E-state index in [0.29, 0.717) is 41.9 Å². The van der Waals surface area contributed by atoms with Crippen LogP contribution in [0.4, 0.5) is 18.0 Å². The number of hydrogen-bond acceptors (Lipinski definition) is 5. The number of carbonyl (C=O) groups is 2. The number of hydrogen-bond donors (Lipinski definition) is 1. The lowest BCUT2D eigenvalue weighted by Crippen LogP contribution is -2.54. The summed E-state index contributed by atoms with van der Waals surface area (Å²) >= 11 is 0. The molecule has 2 unspecified atom stereocenters. The lowest BCUT2D eigenvalue weighted by Gasteiger charge is -2.61. The summed E-state index contributed by atoms with van der Waals surface area (Å²) in [5.41, 5.74) is 1.23. The minimum Gasteiger partial charge on any atom is -0.393 e. The summed E-state index contributed by atoms with van der Waals surface area (Å²) in [6, 6.07) is -0.689. The highest BCUT2D eigenvalue weighted by molar-refractivity contribution is 5.86. The van der Waals surface area contributed by atoms with Gasteiger partial charge in [-0.2, -0.15) is 13.2 Å². The summed E-state index contributed by atoms with van der Waals surface area (Å²) in [6.07, 6.45) is 5.01. The van der Waals surface area contributed by atoms with Crippen molar-refractivity contribution in [3.05, 3.63) is 0 Å². The van der Waals surface area contributed by atoms with Gasteiger partial charge in [0.25, 0.3) is 0 Å². The zero-order chi connectivity index (χ0) is 29.0. The van der Waals surface area contributed by atoms with E-state index in [9.17, 15) is 27.9 Å². The van der Waals surface area contributed by atoms with E-state index in [0.717, 1.165) is 49.1 Å². The lowest BCUT2D eigenvalue weighted by molar-refractivity contribution is -0.186. The minimum atomic E-state index is -4.92. The van der Waals surface area contributed by atoms with E-state index in [1.165, 1.54) is 31.2 Å². The monoisotopic (exact) mass is 569 g/mol. The third kappa shape index (κ3) is 5.15. The quantitative estimate of drug-likeness (QED) is 0.256. The molecular formula is C30H46F3N3O4. The van der Waals surface area contributed by atoms with Crippen molar-refractivity contribution in [2.75, 3.05) is 20.1 Å². The number of halogens is 3. The van der Waals surface area contributed by atoms with Crippen LogP contribution in [0.5, 0.6) is 0 Å². The Kier molecular flexibility index (Phi) is 7.98. The Morgan fingerprint density at radius 2 is 1.73 bits per heavy atom. The standard InChI is InChI=1S/C30H46F3N3O4/c1-18(34-40-27(39)35(4)17-20-6-5-15-36(20)26(38)30(31,32)33)23-9-10-24-22-8-7-19-16-21(37)11-13-28(19,2)25(22)12-14-29(23,24)3/h19-25,37H,5-17H2,1-4H3/b34-18+/t19?,20-,21?,22-,23+,24-,25-,28-,29+/m0/s1. The molecule has 2 amide bonds. The molecule has 1 saturated heterocycles. The van der Waals surface area contributed by atoms with E-state index in [2.05, 4.69) is 19.0 Å². The van der Waals surface area contributed by atoms with E-state index in [1.807, 2.05) is 6.92 Å². The molecule has 1 heterocycles. The van der Waals surface area contributed by atoms with Crippen LogP contribution in [0.15, 0.2) is 5.16 Å². The van der Waals surface area contributed by atoms with E-state index >= 15 is 0 Å². The average Bonchev–Trinajstić information content (AvgIpc) is 3.50. The van der Waals surface area contributed by atoms with Crippen molar-refractivity contribution in [1.29, 1.82) is 0 Å². The van der Waals surface area contributed by atoms with E-state index in [4.69, 9.17) is 4.84 Å². The van der Waals surface area contributed by atoms with Crippen LogP contribution in [0, 0.1) is 40.4 Å². The molecule has 5 fully saturated rings. The molecule has 4 saturated carbocycles. The number of rotatable bonds is 4. The van der Waals surface area contributed by atoms with Crippen molar-refractivity contribution in [2.45, 2.75) is 110 Å². The zero-order valence-electron chi connectivity index (χ0n) is 24.4. The second kappa shape index (κ2) is 10.8. The number of aliphatic hydroxyl groups is 1. The topological polar surface area (TPSA) is 82.4 Å². The fourth-order valence-corrected chi connectivity index (χ4v) is 10.0. The van der Waals surface area contributed by atoms with Gasteiger partial charge < -0.3 is 14.9 Å². The number of aliphatic hydroxyl groups excluding tert-OH is 1. The first kappa shape index (κ1) is 29.6. The molecule has 0 aromatic carbocycles. The van der Waals surface area contributed by atoms with Gasteiger partial charge in [0.15, 0.2) is 0 Å². The molecule has 226 valence electrons. The van der Waals surface area contributed by atoms with Crippen LogP contribution < -0.4 is 0 Å². The number of alkyl halides is 3. The smallest absolute Gasteiger partial charge is 0.393 e. The van der Waals surface area contributed by atoms with Crippen molar-refractivity contribution in [3.8, 4) is 0 Å². The molecule has 40 heavy (non-hydrogen) atoms. The van der Waals surface area contributed by atoms with Crippen molar-refractivity contribution in [1.82, 2.24) is 9.80 Å². The first-order valence-corrected chi connectivity index (χ1v) is 15.3. The number of oxime groups is 1. The molecular weight excluding hydrogens is 523 g/mol. The highest BCUT2D eigenvalue weighted by atomic mass is 19.4. The second-order valence-corrected chi connectivity index (χ2v) is 14.0. The normalized spacial score (nSPS) is 41.6. The van der Waals surface area contributed by atoms with Gasteiger partial charge in [0.2, 0.25) is 0 Å². The van der Waals surface area contributed by atoms with Crippen LogP contribution in [0.3, 0.4) is 0 Å². The van der Waals surface area contributed by atoms with Crippen molar-refractivity contribution < 1.29 is 32.7 Å². The van der Waals surface area contributed by atoms with Crippen LogP contribution in [0.2, 0.25) is 0 Å². The summed E-state index contributed by atoms with van der Waals surface area (Å²) in [7, 11) is 1.47. The molecule has 0 bridgehead atoms. The summed E-state index contributed by atoms with van der Waals surface area (Å²) in [4.78, 5) is 31.8. The predicted molar refractivity (Wildman–Crippen MR) is 144 cm³/mol. The summed E-state index contributed by atoms with van der Waals surface area (Å²) in [5, 5.41) is 14.6. The van der Waals surface area contributed by atoms with Gasteiger partial charge in [-0.1, -0.05) is 19.0 Å². The third-order valence-electron chi connectivity index (χ3n) is 12.1. The van der Waals surface area contributed by atoms with Crippen molar-refractivity contribution >= 4 is 17.7 Å². The van der Waals surface area contributed by atoms with Crippen LogP contribution in [0.25, 0.3) is 0 Å². The first-order valence-electron chi connectivity index (χ1n) is 15.3. The maximum absolute atomic E-state index is 13.0. The van der Waals surface area contributed by atoms with Gasteiger partial charge in [-0.05, 0) is 112 Å². The molecule has 7 nitrogen and oxygen atoms in total. The van der Waals surface area contributed by atoms with Crippen LogP contribution in [-0.2, 0) is 9.63 Å². The molecule has 5 aliphatic rings. The molecule has 0 aromatic rings. The highest BCUT2D eigenvalue weighted by Gasteiger charge is 2.60. The maximum atomic E-state index is 13.0. The largest absolute Gasteiger partial charge is 0.471 e. The van der Waals surface area contributed by atoms with Gasteiger partial charge in [0.1, 0.15) is 0 Å². The number of likely N-dealkylation sites (tertiary alicyclic amines) is 1. The van der Waals surface area contributed by atoms with Gasteiger partial charge in [-0.3, -0.25) is 9.63 Å². The van der Waals surface area contributed by atoms with Gasteiger partial charge in [0, 0.05) is 32.1 Å². The SMILES string of the molecule is C/C(=N\OC(=O)N(C)C[C@@H]1CCCN1C(=O)C(F)(F)F)[C@H]1CC[C@H]2[C@@H]3CCC4CC(O)CC[C@]4(C)[C@H]3CC[C@]12C. The Bertz CT molecular complexity index is 1020. The van der Waals surface area contributed by atoms with E-state index in [-0.39, 0.29) is 30.5 Å². The predicted octanol–water partition coefficient (Wildman–Crippen LogP) is 6.00. The highest BCUT2D eigenvalue weighted by Crippen LogP contribution is 2.67. The molecule has 1 N–H and O–H groups in total. The molecule has 1 aliphatic heterocycles. The Labute approximate surface area is 235 Å². The maximum Gasteiger partial charge on any atom is 0.471 e. The number of nitrogens with zero attached hydrogens (tertiary/aromatic N) is 3. The van der Waals surface area contributed by atoms with Crippen LogP contribution >= 0.6 is 0 Å². The molecule has 10 heteroatoms. The zero-order valence-corrected chi connectivity index (χ0v) is 24.4. The van der Waals surface area contributed by atoms with E-state index < -0.39 is 24.2 Å². The molecule has 9 atom stereocenters. The number of likely N-dealkylation sites (N-methyl/N-ethyl adjacent to an activating group) is 1. The first-order chi connectivity index (χ1) is 18.8. The molecule has 0 spiro atoms. The Morgan fingerprint density at radius 1 is 1.02 bits per heavy atom.